The number of fused-ring (bicyclic) bond motifs is 1. The fourth-order valence-electron chi connectivity index (χ4n) is 3.20. The van der Waals surface area contributed by atoms with Crippen LogP contribution >= 0.6 is 11.8 Å². The smallest absolute Gasteiger partial charge is 0.315 e. The van der Waals surface area contributed by atoms with E-state index in [-0.39, 0.29) is 6.03 Å². The number of rotatable bonds is 4. The second-order valence-corrected chi connectivity index (χ2v) is 7.16. The van der Waals surface area contributed by atoms with Gasteiger partial charge in [-0.2, -0.15) is 0 Å². The van der Waals surface area contributed by atoms with Crippen molar-refractivity contribution in [3.05, 3.63) is 29.3 Å². The van der Waals surface area contributed by atoms with Crippen molar-refractivity contribution >= 4 is 17.8 Å². The summed E-state index contributed by atoms with van der Waals surface area (Å²) in [5.74, 6) is 1.25. The molecule has 3 rings (SSSR count). The van der Waals surface area contributed by atoms with E-state index in [1.54, 1.807) is 0 Å². The van der Waals surface area contributed by atoms with Crippen LogP contribution in [-0.4, -0.2) is 24.4 Å². The molecule has 1 heterocycles. The van der Waals surface area contributed by atoms with Crippen LogP contribution in [0, 0.1) is 0 Å². The topological polar surface area (TPSA) is 41.1 Å². The molecule has 1 aromatic rings. The third-order valence-corrected chi connectivity index (χ3v) is 5.56. The Morgan fingerprint density at radius 3 is 2.95 bits per heavy atom. The molecular weight excluding hydrogens is 280 g/mol. The molecule has 2 amide bonds. The van der Waals surface area contributed by atoms with Gasteiger partial charge in [-0.15, -0.1) is 11.8 Å². The van der Waals surface area contributed by atoms with Crippen LogP contribution in [0.1, 0.15) is 43.2 Å². The van der Waals surface area contributed by atoms with Gasteiger partial charge in [-0.05, 0) is 55.1 Å². The maximum Gasteiger partial charge on any atom is 0.315 e. The number of benzene rings is 1. The van der Waals surface area contributed by atoms with E-state index in [0.29, 0.717) is 12.6 Å². The molecule has 1 saturated carbocycles. The van der Waals surface area contributed by atoms with Crippen LogP contribution in [0.2, 0.25) is 0 Å². The lowest BCUT2D eigenvalue weighted by Gasteiger charge is -2.16. The SMILES string of the molecule is O=C(NCCc1ccc2c(c1)CCCS2)NC1CCCC1. The number of nitrogens with one attached hydrogen (secondary N) is 2. The molecule has 1 aromatic carbocycles. The van der Waals surface area contributed by atoms with Crippen molar-refractivity contribution < 1.29 is 4.79 Å². The highest BCUT2D eigenvalue weighted by Crippen LogP contribution is 2.30. The number of carbonyl (C=O) groups excluding carboxylic acids is 1. The molecule has 0 atom stereocenters. The van der Waals surface area contributed by atoms with Gasteiger partial charge in [0.2, 0.25) is 0 Å². The number of urea groups is 1. The summed E-state index contributed by atoms with van der Waals surface area (Å²) in [5.41, 5.74) is 2.82. The van der Waals surface area contributed by atoms with E-state index in [2.05, 4.69) is 28.8 Å². The highest BCUT2D eigenvalue weighted by Gasteiger charge is 2.16. The van der Waals surface area contributed by atoms with Gasteiger partial charge in [-0.25, -0.2) is 4.79 Å². The predicted molar refractivity (Wildman–Crippen MR) is 88.0 cm³/mol. The summed E-state index contributed by atoms with van der Waals surface area (Å²) in [5, 5.41) is 6.04. The third kappa shape index (κ3) is 4.16. The Hall–Kier alpha value is -1.16. The quantitative estimate of drug-likeness (QED) is 0.894. The fraction of sp³-hybridized carbons (Fsp3) is 0.588. The molecule has 0 aromatic heterocycles. The van der Waals surface area contributed by atoms with Gasteiger partial charge in [0.25, 0.3) is 0 Å². The van der Waals surface area contributed by atoms with E-state index in [1.807, 2.05) is 11.8 Å². The van der Waals surface area contributed by atoms with E-state index in [4.69, 9.17) is 0 Å². The first-order valence-electron chi connectivity index (χ1n) is 8.10. The van der Waals surface area contributed by atoms with Gasteiger partial charge in [0, 0.05) is 17.5 Å². The zero-order valence-corrected chi connectivity index (χ0v) is 13.3. The van der Waals surface area contributed by atoms with Crippen LogP contribution in [-0.2, 0) is 12.8 Å². The number of carbonyl (C=O) groups is 1. The minimum absolute atomic E-state index is 0.00424. The molecule has 0 spiro atoms. The molecule has 0 radical (unpaired) electrons. The zero-order valence-electron chi connectivity index (χ0n) is 12.5. The van der Waals surface area contributed by atoms with Crippen LogP contribution in [0.4, 0.5) is 4.79 Å². The number of hydrogen-bond acceptors (Lipinski definition) is 2. The molecule has 21 heavy (non-hydrogen) atoms. The monoisotopic (exact) mass is 304 g/mol. The van der Waals surface area contributed by atoms with Crippen molar-refractivity contribution in [2.75, 3.05) is 12.3 Å². The van der Waals surface area contributed by atoms with E-state index >= 15 is 0 Å². The number of aryl methyl sites for hydroxylation is 1. The summed E-state index contributed by atoms with van der Waals surface area (Å²) in [4.78, 5) is 13.2. The highest BCUT2D eigenvalue weighted by molar-refractivity contribution is 7.99. The van der Waals surface area contributed by atoms with E-state index < -0.39 is 0 Å². The molecule has 4 heteroatoms. The van der Waals surface area contributed by atoms with Gasteiger partial charge >= 0.3 is 6.03 Å². The molecule has 1 aliphatic carbocycles. The minimum Gasteiger partial charge on any atom is -0.338 e. The molecular formula is C17H24N2OS. The second-order valence-electron chi connectivity index (χ2n) is 6.03. The Labute approximate surface area is 131 Å². The van der Waals surface area contributed by atoms with Crippen LogP contribution in [0.5, 0.6) is 0 Å². The molecule has 114 valence electrons. The maximum absolute atomic E-state index is 11.8. The van der Waals surface area contributed by atoms with Crippen LogP contribution in [0.25, 0.3) is 0 Å². The number of thioether (sulfide) groups is 1. The molecule has 0 unspecified atom stereocenters. The largest absolute Gasteiger partial charge is 0.338 e. The second kappa shape index (κ2) is 7.21. The first-order valence-corrected chi connectivity index (χ1v) is 9.09. The fourth-order valence-corrected chi connectivity index (χ4v) is 4.22. The van der Waals surface area contributed by atoms with Crippen molar-refractivity contribution in [3.63, 3.8) is 0 Å². The minimum atomic E-state index is -0.00424. The highest BCUT2D eigenvalue weighted by atomic mass is 32.2. The molecule has 0 saturated heterocycles. The van der Waals surface area contributed by atoms with Gasteiger partial charge in [0.1, 0.15) is 0 Å². The van der Waals surface area contributed by atoms with Crippen LogP contribution < -0.4 is 10.6 Å². The lowest BCUT2D eigenvalue weighted by atomic mass is 10.0. The first kappa shape index (κ1) is 14.8. The van der Waals surface area contributed by atoms with E-state index in [9.17, 15) is 4.79 Å². The molecule has 3 nitrogen and oxygen atoms in total. The summed E-state index contributed by atoms with van der Waals surface area (Å²) >= 11 is 1.96. The molecule has 2 aliphatic rings. The first-order chi connectivity index (χ1) is 10.3. The van der Waals surface area contributed by atoms with Gasteiger partial charge < -0.3 is 10.6 Å². The predicted octanol–water partition coefficient (Wildman–Crippen LogP) is 3.51. The van der Waals surface area contributed by atoms with Crippen molar-refractivity contribution in [3.8, 4) is 0 Å². The Bertz CT molecular complexity index is 498. The van der Waals surface area contributed by atoms with Crippen LogP contribution in [0.3, 0.4) is 0 Å². The van der Waals surface area contributed by atoms with E-state index in [0.717, 1.165) is 19.3 Å². The summed E-state index contributed by atoms with van der Waals surface area (Å²) in [6.45, 7) is 0.713. The summed E-state index contributed by atoms with van der Waals surface area (Å²) in [6.07, 6.45) is 8.16. The number of amides is 2. The average molecular weight is 304 g/mol. The van der Waals surface area contributed by atoms with Crippen molar-refractivity contribution in [2.24, 2.45) is 0 Å². The Morgan fingerprint density at radius 1 is 1.24 bits per heavy atom. The van der Waals surface area contributed by atoms with Crippen molar-refractivity contribution in [1.82, 2.24) is 10.6 Å². The maximum atomic E-state index is 11.8. The number of hydrogen-bond donors (Lipinski definition) is 2. The Kier molecular flexibility index (Phi) is 5.07. The lowest BCUT2D eigenvalue weighted by molar-refractivity contribution is 0.237. The third-order valence-electron chi connectivity index (χ3n) is 4.36. The zero-order chi connectivity index (χ0) is 14.5. The molecule has 1 fully saturated rings. The van der Waals surface area contributed by atoms with Gasteiger partial charge in [0.05, 0.1) is 0 Å². The molecule has 0 bridgehead atoms. The standard InChI is InChI=1S/C17H24N2OS/c20-17(19-15-5-1-2-6-15)18-10-9-13-7-8-16-14(12-13)4-3-11-21-16/h7-8,12,15H,1-6,9-11H2,(H2,18,19,20). The van der Waals surface area contributed by atoms with Gasteiger partial charge in [0.15, 0.2) is 0 Å². The van der Waals surface area contributed by atoms with Crippen molar-refractivity contribution in [2.45, 2.75) is 55.9 Å². The summed E-state index contributed by atoms with van der Waals surface area (Å²) in [6, 6.07) is 7.15. The summed E-state index contributed by atoms with van der Waals surface area (Å²) < 4.78 is 0. The normalized spacial score (nSPS) is 18.3. The summed E-state index contributed by atoms with van der Waals surface area (Å²) in [7, 11) is 0. The Morgan fingerprint density at radius 2 is 2.10 bits per heavy atom. The average Bonchev–Trinajstić information content (AvgIpc) is 3.00. The van der Waals surface area contributed by atoms with Crippen molar-refractivity contribution in [1.29, 1.82) is 0 Å². The molecule has 2 N–H and O–H groups in total. The van der Waals surface area contributed by atoms with E-state index in [1.165, 1.54) is 47.5 Å². The van der Waals surface area contributed by atoms with Gasteiger partial charge in [-0.3, -0.25) is 0 Å². The molecule has 1 aliphatic heterocycles. The van der Waals surface area contributed by atoms with Gasteiger partial charge in [-0.1, -0.05) is 25.0 Å². The lowest BCUT2D eigenvalue weighted by Crippen LogP contribution is -2.41. The van der Waals surface area contributed by atoms with Crippen LogP contribution in [0.15, 0.2) is 23.1 Å². The Balaban J connectivity index is 1.43.